The van der Waals surface area contributed by atoms with Crippen molar-refractivity contribution in [2.75, 3.05) is 20.1 Å². The van der Waals surface area contributed by atoms with E-state index in [0.717, 1.165) is 19.5 Å². The molecule has 20 heavy (non-hydrogen) atoms. The van der Waals surface area contributed by atoms with Crippen LogP contribution in [0.4, 0.5) is 10.5 Å². The van der Waals surface area contributed by atoms with E-state index in [1.807, 2.05) is 7.05 Å². The largest absolute Gasteiger partial charge is 0.511 e. The maximum atomic E-state index is 10.8. The Morgan fingerprint density at radius 3 is 2.90 bits per heavy atom. The van der Waals surface area contributed by atoms with Gasteiger partial charge in [0.15, 0.2) is 0 Å². The molecular weight excluding hydrogens is 264 g/mol. The fourth-order valence-electron chi connectivity index (χ4n) is 2.54. The lowest BCUT2D eigenvalue weighted by molar-refractivity contribution is -0.384. The fraction of sp³-hybridized carbons (Fsp3) is 0.462. The Hall–Kier alpha value is -2.15. The van der Waals surface area contributed by atoms with Gasteiger partial charge in [-0.1, -0.05) is 0 Å². The zero-order valence-electron chi connectivity index (χ0n) is 11.1. The third kappa shape index (κ3) is 3.45. The average molecular weight is 280 g/mol. The van der Waals surface area contributed by atoms with Crippen molar-refractivity contribution in [2.45, 2.75) is 12.8 Å². The summed E-state index contributed by atoms with van der Waals surface area (Å²) < 4.78 is 4.70. The summed E-state index contributed by atoms with van der Waals surface area (Å²) in [7, 11) is 2.02. The first kappa shape index (κ1) is 14.3. The Labute approximate surface area is 115 Å². The van der Waals surface area contributed by atoms with Crippen molar-refractivity contribution in [1.29, 1.82) is 0 Å². The van der Waals surface area contributed by atoms with Crippen LogP contribution in [-0.4, -0.2) is 41.2 Å². The smallest absolute Gasteiger partial charge is 0.449 e. The molecule has 1 heterocycles. The topological polar surface area (TPSA) is 92.9 Å². The number of carbonyl (C=O) groups is 1. The SMILES string of the molecule is CN1CCC(Cc2cc([N+](=O)[O-])ccc2OC(=O)O)C1. The van der Waals surface area contributed by atoms with Crippen molar-refractivity contribution in [3.63, 3.8) is 0 Å². The van der Waals surface area contributed by atoms with Crippen LogP contribution in [0.5, 0.6) is 5.75 Å². The van der Waals surface area contributed by atoms with Gasteiger partial charge < -0.3 is 14.7 Å². The highest BCUT2D eigenvalue weighted by molar-refractivity contribution is 5.62. The number of nitro groups is 1. The van der Waals surface area contributed by atoms with Crippen LogP contribution in [0.15, 0.2) is 18.2 Å². The highest BCUT2D eigenvalue weighted by Crippen LogP contribution is 2.29. The summed E-state index contributed by atoms with van der Waals surface area (Å²) in [5.41, 5.74) is 0.519. The molecule has 7 nitrogen and oxygen atoms in total. The zero-order valence-corrected chi connectivity index (χ0v) is 11.1. The molecule has 1 unspecified atom stereocenters. The van der Waals surface area contributed by atoms with Crippen LogP contribution in [0.1, 0.15) is 12.0 Å². The molecule has 1 aromatic rings. The molecule has 0 saturated carbocycles. The Morgan fingerprint density at radius 2 is 2.35 bits per heavy atom. The zero-order chi connectivity index (χ0) is 14.7. The molecule has 1 aliphatic heterocycles. The Bertz CT molecular complexity index is 531. The molecule has 1 fully saturated rings. The second-order valence-corrected chi connectivity index (χ2v) is 5.04. The molecule has 0 radical (unpaired) electrons. The molecule has 0 amide bonds. The van der Waals surface area contributed by atoms with Crippen LogP contribution >= 0.6 is 0 Å². The predicted octanol–water partition coefficient (Wildman–Crippen LogP) is 2.15. The summed E-state index contributed by atoms with van der Waals surface area (Å²) in [6, 6.07) is 4.00. The number of benzene rings is 1. The predicted molar refractivity (Wildman–Crippen MR) is 71.1 cm³/mol. The molecule has 1 aliphatic rings. The van der Waals surface area contributed by atoms with Crippen LogP contribution in [0.25, 0.3) is 0 Å². The molecular formula is C13H16N2O5. The standard InChI is InChI=1S/C13H16N2O5/c1-14-5-4-9(8-14)6-10-7-11(15(18)19)2-3-12(10)20-13(16)17/h2-3,7,9H,4-6,8H2,1H3,(H,16,17). The number of nitrogens with zero attached hydrogens (tertiary/aromatic N) is 2. The lowest BCUT2D eigenvalue weighted by Crippen LogP contribution is -2.15. The van der Waals surface area contributed by atoms with Gasteiger partial charge in [0.2, 0.25) is 0 Å². The molecule has 0 bridgehead atoms. The summed E-state index contributed by atoms with van der Waals surface area (Å²) >= 11 is 0. The maximum absolute atomic E-state index is 10.8. The van der Waals surface area contributed by atoms with E-state index >= 15 is 0 Å². The van der Waals surface area contributed by atoms with Gasteiger partial charge in [0.1, 0.15) is 5.75 Å². The number of non-ortho nitro benzene ring substituents is 1. The van der Waals surface area contributed by atoms with Gasteiger partial charge in [0.05, 0.1) is 4.92 Å². The summed E-state index contributed by atoms with van der Waals surface area (Å²) in [5, 5.41) is 19.5. The van der Waals surface area contributed by atoms with Crippen molar-refractivity contribution in [2.24, 2.45) is 5.92 Å². The van der Waals surface area contributed by atoms with Gasteiger partial charge >= 0.3 is 6.16 Å². The third-order valence-corrected chi connectivity index (χ3v) is 3.45. The molecule has 1 atom stereocenters. The highest BCUT2D eigenvalue weighted by atomic mass is 16.7. The van der Waals surface area contributed by atoms with Crippen molar-refractivity contribution in [1.82, 2.24) is 4.90 Å². The molecule has 2 rings (SSSR count). The number of carboxylic acid groups (broad SMARTS) is 1. The van der Waals surface area contributed by atoms with Crippen LogP contribution < -0.4 is 4.74 Å². The van der Waals surface area contributed by atoms with E-state index in [4.69, 9.17) is 9.84 Å². The lowest BCUT2D eigenvalue weighted by Gasteiger charge is -2.13. The first-order valence-corrected chi connectivity index (χ1v) is 6.32. The molecule has 0 aromatic heterocycles. The normalized spacial score (nSPS) is 18.9. The number of rotatable bonds is 4. The lowest BCUT2D eigenvalue weighted by atomic mass is 9.97. The molecule has 1 saturated heterocycles. The van der Waals surface area contributed by atoms with Crippen molar-refractivity contribution in [3.8, 4) is 5.75 Å². The van der Waals surface area contributed by atoms with Gasteiger partial charge in [0.25, 0.3) is 5.69 Å². The Kier molecular flexibility index (Phi) is 4.19. The first-order valence-electron chi connectivity index (χ1n) is 6.32. The van der Waals surface area contributed by atoms with Crippen molar-refractivity contribution >= 4 is 11.8 Å². The molecule has 108 valence electrons. The van der Waals surface area contributed by atoms with E-state index < -0.39 is 11.1 Å². The van der Waals surface area contributed by atoms with Gasteiger partial charge in [-0.05, 0) is 38.4 Å². The average Bonchev–Trinajstić information content (AvgIpc) is 2.76. The van der Waals surface area contributed by atoms with Gasteiger partial charge in [-0.15, -0.1) is 0 Å². The molecule has 7 heteroatoms. The van der Waals surface area contributed by atoms with E-state index in [0.29, 0.717) is 17.9 Å². The molecule has 1 N–H and O–H groups in total. The number of likely N-dealkylation sites (tertiary alicyclic amines) is 1. The van der Waals surface area contributed by atoms with Crippen LogP contribution in [0.3, 0.4) is 0 Å². The number of ether oxygens (including phenoxy) is 1. The van der Waals surface area contributed by atoms with Gasteiger partial charge in [-0.3, -0.25) is 10.1 Å². The van der Waals surface area contributed by atoms with E-state index in [-0.39, 0.29) is 11.4 Å². The second-order valence-electron chi connectivity index (χ2n) is 5.04. The van der Waals surface area contributed by atoms with Crippen LogP contribution in [-0.2, 0) is 6.42 Å². The Balaban J connectivity index is 2.23. The van der Waals surface area contributed by atoms with E-state index in [2.05, 4.69) is 4.90 Å². The molecule has 0 aliphatic carbocycles. The molecule has 1 aromatic carbocycles. The Morgan fingerprint density at radius 1 is 1.60 bits per heavy atom. The minimum atomic E-state index is -1.41. The molecule has 0 spiro atoms. The summed E-state index contributed by atoms with van der Waals surface area (Å²) in [5.74, 6) is 0.538. The monoisotopic (exact) mass is 280 g/mol. The number of hydrogen-bond acceptors (Lipinski definition) is 5. The quantitative estimate of drug-likeness (QED) is 0.393. The summed E-state index contributed by atoms with van der Waals surface area (Å²) in [6.07, 6.45) is 0.156. The minimum absolute atomic E-state index is 0.0518. The van der Waals surface area contributed by atoms with Crippen molar-refractivity contribution < 1.29 is 19.6 Å². The first-order chi connectivity index (χ1) is 9.45. The van der Waals surface area contributed by atoms with E-state index in [1.165, 1.54) is 18.2 Å². The van der Waals surface area contributed by atoms with Gasteiger partial charge in [-0.2, -0.15) is 0 Å². The fourth-order valence-corrected chi connectivity index (χ4v) is 2.54. The maximum Gasteiger partial charge on any atom is 0.511 e. The minimum Gasteiger partial charge on any atom is -0.449 e. The number of nitro benzene ring substituents is 1. The highest BCUT2D eigenvalue weighted by Gasteiger charge is 2.23. The summed E-state index contributed by atoms with van der Waals surface area (Å²) in [4.78, 5) is 23.2. The third-order valence-electron chi connectivity index (χ3n) is 3.45. The second kappa shape index (κ2) is 5.87. The van der Waals surface area contributed by atoms with E-state index in [1.54, 1.807) is 0 Å². The van der Waals surface area contributed by atoms with Gasteiger partial charge in [-0.25, -0.2) is 4.79 Å². The summed E-state index contributed by atoms with van der Waals surface area (Å²) in [6.45, 7) is 1.88. The number of hydrogen-bond donors (Lipinski definition) is 1. The van der Waals surface area contributed by atoms with Crippen LogP contribution in [0.2, 0.25) is 0 Å². The van der Waals surface area contributed by atoms with E-state index in [9.17, 15) is 14.9 Å². The van der Waals surface area contributed by atoms with Gasteiger partial charge in [0, 0.05) is 24.2 Å². The van der Waals surface area contributed by atoms with Crippen molar-refractivity contribution in [3.05, 3.63) is 33.9 Å². The van der Waals surface area contributed by atoms with Crippen LogP contribution in [0, 0.1) is 16.0 Å².